The van der Waals surface area contributed by atoms with E-state index in [9.17, 15) is 9.59 Å². The number of carbonyl (C=O) groups is 2. The van der Waals surface area contributed by atoms with Crippen LogP contribution in [0.2, 0.25) is 0 Å². The molecular weight excluding hydrogens is 360 g/mol. The first kappa shape index (κ1) is 17.0. The SMILES string of the molecule is CN(C)C(=O)c1cccc(NC(=O)COc2cccc(Br)c2)c1. The van der Waals surface area contributed by atoms with Crippen LogP contribution in [0.3, 0.4) is 0 Å². The Bertz CT molecular complexity index is 716. The minimum absolute atomic E-state index is 0.109. The molecule has 0 aromatic heterocycles. The molecule has 0 saturated heterocycles. The van der Waals surface area contributed by atoms with Crippen LogP contribution in [0.1, 0.15) is 10.4 Å². The third-order valence-corrected chi connectivity index (χ3v) is 3.46. The molecule has 0 atom stereocenters. The molecule has 0 fully saturated rings. The molecule has 0 aliphatic heterocycles. The number of hydrogen-bond acceptors (Lipinski definition) is 3. The van der Waals surface area contributed by atoms with Gasteiger partial charge in [-0.3, -0.25) is 9.59 Å². The number of halogens is 1. The van der Waals surface area contributed by atoms with Crippen LogP contribution >= 0.6 is 15.9 Å². The molecule has 0 spiro atoms. The summed E-state index contributed by atoms with van der Waals surface area (Å²) in [5, 5.41) is 2.71. The van der Waals surface area contributed by atoms with Gasteiger partial charge in [0.2, 0.25) is 0 Å². The van der Waals surface area contributed by atoms with Gasteiger partial charge in [0.1, 0.15) is 5.75 Å². The second kappa shape index (κ2) is 7.78. The smallest absolute Gasteiger partial charge is 0.262 e. The lowest BCUT2D eigenvalue weighted by atomic mass is 10.2. The Kier molecular flexibility index (Phi) is 5.76. The van der Waals surface area contributed by atoms with E-state index in [2.05, 4.69) is 21.2 Å². The predicted molar refractivity (Wildman–Crippen MR) is 92.7 cm³/mol. The largest absolute Gasteiger partial charge is 0.484 e. The molecule has 0 radical (unpaired) electrons. The maximum atomic E-state index is 11.9. The lowest BCUT2D eigenvalue weighted by Gasteiger charge is -2.12. The topological polar surface area (TPSA) is 58.6 Å². The number of rotatable bonds is 5. The van der Waals surface area contributed by atoms with E-state index in [0.717, 1.165) is 4.47 Å². The van der Waals surface area contributed by atoms with Gasteiger partial charge >= 0.3 is 0 Å². The van der Waals surface area contributed by atoms with Gasteiger partial charge in [-0.1, -0.05) is 28.1 Å². The number of benzene rings is 2. The summed E-state index contributed by atoms with van der Waals surface area (Å²) in [5.74, 6) is 0.192. The Morgan fingerprint density at radius 2 is 1.87 bits per heavy atom. The minimum atomic E-state index is -0.292. The average Bonchev–Trinajstić information content (AvgIpc) is 2.52. The Morgan fingerprint density at radius 1 is 1.13 bits per heavy atom. The predicted octanol–water partition coefficient (Wildman–Crippen LogP) is 3.17. The first-order chi connectivity index (χ1) is 11.0. The monoisotopic (exact) mass is 376 g/mol. The normalized spacial score (nSPS) is 10.0. The molecule has 0 unspecified atom stereocenters. The highest BCUT2D eigenvalue weighted by atomic mass is 79.9. The molecule has 0 aliphatic carbocycles. The van der Waals surface area contributed by atoms with E-state index in [4.69, 9.17) is 4.74 Å². The van der Waals surface area contributed by atoms with E-state index in [0.29, 0.717) is 17.0 Å². The fraction of sp³-hybridized carbons (Fsp3) is 0.176. The molecule has 6 heteroatoms. The van der Waals surface area contributed by atoms with Crippen molar-refractivity contribution < 1.29 is 14.3 Å². The van der Waals surface area contributed by atoms with Crippen LogP contribution in [0.15, 0.2) is 53.0 Å². The molecule has 0 aliphatic rings. The van der Waals surface area contributed by atoms with Crippen molar-refractivity contribution >= 4 is 33.4 Å². The van der Waals surface area contributed by atoms with E-state index in [-0.39, 0.29) is 18.4 Å². The van der Waals surface area contributed by atoms with Gasteiger partial charge in [0.15, 0.2) is 6.61 Å². The lowest BCUT2D eigenvalue weighted by molar-refractivity contribution is -0.118. The first-order valence-electron chi connectivity index (χ1n) is 6.95. The number of anilines is 1. The van der Waals surface area contributed by atoms with Crippen LogP contribution in [0.5, 0.6) is 5.75 Å². The lowest BCUT2D eigenvalue weighted by Crippen LogP contribution is -2.23. The van der Waals surface area contributed by atoms with Crippen molar-refractivity contribution in [2.45, 2.75) is 0 Å². The van der Waals surface area contributed by atoms with Crippen LogP contribution in [-0.2, 0) is 4.79 Å². The first-order valence-corrected chi connectivity index (χ1v) is 7.75. The molecular formula is C17H17BrN2O3. The molecule has 23 heavy (non-hydrogen) atoms. The molecule has 2 amide bonds. The number of carbonyl (C=O) groups excluding carboxylic acids is 2. The summed E-state index contributed by atoms with van der Waals surface area (Å²) in [6, 6.07) is 14.0. The van der Waals surface area contributed by atoms with E-state index in [1.807, 2.05) is 12.1 Å². The summed E-state index contributed by atoms with van der Waals surface area (Å²) in [7, 11) is 3.36. The third-order valence-electron chi connectivity index (χ3n) is 2.97. The molecule has 0 saturated carbocycles. The van der Waals surface area contributed by atoms with Crippen molar-refractivity contribution in [3.63, 3.8) is 0 Å². The molecule has 0 heterocycles. The van der Waals surface area contributed by atoms with Crippen LogP contribution < -0.4 is 10.1 Å². The van der Waals surface area contributed by atoms with Gasteiger partial charge in [-0.25, -0.2) is 0 Å². The van der Waals surface area contributed by atoms with Crippen LogP contribution in [0.4, 0.5) is 5.69 Å². The number of nitrogens with one attached hydrogen (secondary N) is 1. The Morgan fingerprint density at radius 3 is 2.57 bits per heavy atom. The molecule has 5 nitrogen and oxygen atoms in total. The molecule has 120 valence electrons. The number of ether oxygens (including phenoxy) is 1. The van der Waals surface area contributed by atoms with Gasteiger partial charge in [0.05, 0.1) is 0 Å². The Labute approximate surface area is 143 Å². The van der Waals surface area contributed by atoms with Gasteiger partial charge in [-0.15, -0.1) is 0 Å². The van der Waals surface area contributed by atoms with E-state index in [1.165, 1.54) is 4.90 Å². The van der Waals surface area contributed by atoms with E-state index >= 15 is 0 Å². The Balaban J connectivity index is 1.95. The van der Waals surface area contributed by atoms with Crippen molar-refractivity contribution in [3.8, 4) is 5.75 Å². The van der Waals surface area contributed by atoms with Crippen LogP contribution in [0, 0.1) is 0 Å². The van der Waals surface area contributed by atoms with E-state index < -0.39 is 0 Å². The Hall–Kier alpha value is -2.34. The van der Waals surface area contributed by atoms with Crippen LogP contribution in [0.25, 0.3) is 0 Å². The van der Waals surface area contributed by atoms with Gasteiger partial charge in [0, 0.05) is 29.8 Å². The summed E-state index contributed by atoms with van der Waals surface area (Å²) in [4.78, 5) is 25.3. The molecule has 2 aromatic rings. The van der Waals surface area contributed by atoms with Gasteiger partial charge in [0.25, 0.3) is 11.8 Å². The summed E-state index contributed by atoms with van der Waals surface area (Å²) >= 11 is 3.34. The molecule has 0 bridgehead atoms. The highest BCUT2D eigenvalue weighted by Crippen LogP contribution is 2.18. The molecule has 2 rings (SSSR count). The zero-order valence-electron chi connectivity index (χ0n) is 12.9. The highest BCUT2D eigenvalue weighted by Gasteiger charge is 2.10. The quantitative estimate of drug-likeness (QED) is 0.871. The average molecular weight is 377 g/mol. The second-order valence-electron chi connectivity index (χ2n) is 5.07. The van der Waals surface area contributed by atoms with E-state index in [1.54, 1.807) is 50.5 Å². The van der Waals surface area contributed by atoms with Crippen molar-refractivity contribution in [2.75, 3.05) is 26.0 Å². The number of nitrogens with zero attached hydrogens (tertiary/aromatic N) is 1. The number of amides is 2. The zero-order valence-corrected chi connectivity index (χ0v) is 14.5. The fourth-order valence-corrected chi connectivity index (χ4v) is 2.27. The fourth-order valence-electron chi connectivity index (χ4n) is 1.89. The minimum Gasteiger partial charge on any atom is -0.484 e. The van der Waals surface area contributed by atoms with Crippen molar-refractivity contribution in [1.29, 1.82) is 0 Å². The number of hydrogen-bond donors (Lipinski definition) is 1. The maximum absolute atomic E-state index is 11.9. The van der Waals surface area contributed by atoms with Crippen molar-refractivity contribution in [3.05, 3.63) is 58.6 Å². The summed E-state index contributed by atoms with van der Waals surface area (Å²) < 4.78 is 6.30. The third kappa shape index (κ3) is 5.10. The van der Waals surface area contributed by atoms with Gasteiger partial charge < -0.3 is 15.0 Å². The summed E-state index contributed by atoms with van der Waals surface area (Å²) in [6.07, 6.45) is 0. The van der Waals surface area contributed by atoms with Gasteiger partial charge in [-0.2, -0.15) is 0 Å². The highest BCUT2D eigenvalue weighted by molar-refractivity contribution is 9.10. The maximum Gasteiger partial charge on any atom is 0.262 e. The summed E-state index contributed by atoms with van der Waals surface area (Å²) in [5.41, 5.74) is 1.07. The summed E-state index contributed by atoms with van der Waals surface area (Å²) in [6.45, 7) is -0.109. The van der Waals surface area contributed by atoms with Crippen LogP contribution in [-0.4, -0.2) is 37.4 Å². The van der Waals surface area contributed by atoms with Gasteiger partial charge in [-0.05, 0) is 36.4 Å². The van der Waals surface area contributed by atoms with Crippen molar-refractivity contribution in [2.24, 2.45) is 0 Å². The standard InChI is InChI=1S/C17H17BrN2O3/c1-20(2)17(22)12-5-3-7-14(9-12)19-16(21)11-23-15-8-4-6-13(18)10-15/h3-10H,11H2,1-2H3,(H,19,21). The molecule has 2 aromatic carbocycles. The molecule has 1 N–H and O–H groups in total. The zero-order chi connectivity index (χ0) is 16.8. The second-order valence-corrected chi connectivity index (χ2v) is 5.99. The van der Waals surface area contributed by atoms with Crippen molar-refractivity contribution in [1.82, 2.24) is 4.90 Å².